The third-order valence-corrected chi connectivity index (χ3v) is 2.53. The first kappa shape index (κ1) is 14.3. The molecule has 2 aromatic heterocycles. The molecule has 0 saturated heterocycles. The average molecular weight is 279 g/mol. The molecule has 0 aliphatic carbocycles. The van der Waals surface area contributed by atoms with Crippen molar-refractivity contribution in [2.24, 2.45) is 0 Å². The maximum absolute atomic E-state index is 11.8. The molecular weight excluding hydrogens is 262 g/mol. The summed E-state index contributed by atoms with van der Waals surface area (Å²) in [6.07, 6.45) is 3.50. The number of rotatable bonds is 8. The normalized spacial score (nSPS) is 10.7. The van der Waals surface area contributed by atoms with Gasteiger partial charge in [-0.05, 0) is 18.2 Å². The van der Waals surface area contributed by atoms with Crippen molar-refractivity contribution < 1.29 is 19.1 Å². The second-order valence-corrected chi connectivity index (χ2v) is 4.06. The van der Waals surface area contributed by atoms with Gasteiger partial charge in [0.1, 0.15) is 5.76 Å². The molecule has 0 atom stereocenters. The van der Waals surface area contributed by atoms with Gasteiger partial charge in [-0.3, -0.25) is 9.48 Å². The van der Waals surface area contributed by atoms with Gasteiger partial charge in [-0.1, -0.05) is 0 Å². The first-order valence-corrected chi connectivity index (χ1v) is 6.32. The van der Waals surface area contributed by atoms with Gasteiger partial charge in [0.2, 0.25) is 0 Å². The van der Waals surface area contributed by atoms with Gasteiger partial charge >= 0.3 is 0 Å². The number of aromatic nitrogens is 2. The summed E-state index contributed by atoms with van der Waals surface area (Å²) in [5.74, 6) is 0.633. The lowest BCUT2D eigenvalue weighted by Crippen LogP contribution is -2.27. The van der Waals surface area contributed by atoms with Crippen LogP contribution in [0.25, 0.3) is 0 Å². The van der Waals surface area contributed by atoms with Crippen LogP contribution >= 0.6 is 0 Å². The summed E-state index contributed by atoms with van der Waals surface area (Å²) in [5.41, 5.74) is 0. The van der Waals surface area contributed by atoms with Crippen molar-refractivity contribution in [3.63, 3.8) is 0 Å². The van der Waals surface area contributed by atoms with E-state index in [-0.39, 0.29) is 24.9 Å². The summed E-state index contributed by atoms with van der Waals surface area (Å²) in [4.78, 5) is 11.8. The number of ether oxygens (including phenoxy) is 1. The second-order valence-electron chi connectivity index (χ2n) is 4.06. The van der Waals surface area contributed by atoms with E-state index in [1.165, 1.54) is 0 Å². The summed E-state index contributed by atoms with van der Waals surface area (Å²) in [7, 11) is 0. The Kier molecular flexibility index (Phi) is 5.33. The quantitative estimate of drug-likeness (QED) is 0.677. The third-order valence-electron chi connectivity index (χ3n) is 2.53. The Bertz CT molecular complexity index is 521. The SMILES string of the molecule is O=C(NCCOCCO)c1ccc(Cn2cccn2)o1. The molecule has 0 spiro atoms. The maximum atomic E-state index is 11.8. The molecule has 0 aliphatic heterocycles. The van der Waals surface area contributed by atoms with Gasteiger partial charge in [0.25, 0.3) is 5.91 Å². The van der Waals surface area contributed by atoms with Crippen LogP contribution in [0.5, 0.6) is 0 Å². The number of carbonyl (C=O) groups is 1. The monoisotopic (exact) mass is 279 g/mol. The van der Waals surface area contributed by atoms with E-state index in [2.05, 4.69) is 10.4 Å². The van der Waals surface area contributed by atoms with Crippen LogP contribution in [-0.4, -0.2) is 47.2 Å². The number of aliphatic hydroxyl groups is 1. The van der Waals surface area contributed by atoms with E-state index in [9.17, 15) is 4.79 Å². The van der Waals surface area contributed by atoms with Crippen LogP contribution in [0.2, 0.25) is 0 Å². The number of hydrogen-bond donors (Lipinski definition) is 2. The number of nitrogens with zero attached hydrogens (tertiary/aromatic N) is 2. The largest absolute Gasteiger partial charge is 0.454 e. The van der Waals surface area contributed by atoms with Crippen LogP contribution in [-0.2, 0) is 11.3 Å². The Morgan fingerprint density at radius 3 is 3.10 bits per heavy atom. The highest BCUT2D eigenvalue weighted by molar-refractivity contribution is 5.91. The minimum atomic E-state index is -0.288. The molecule has 0 aromatic carbocycles. The van der Waals surface area contributed by atoms with Crippen LogP contribution in [0.1, 0.15) is 16.3 Å². The summed E-state index contributed by atoms with van der Waals surface area (Å²) >= 11 is 0. The van der Waals surface area contributed by atoms with E-state index >= 15 is 0 Å². The smallest absolute Gasteiger partial charge is 0.287 e. The average Bonchev–Trinajstić information content (AvgIpc) is 3.10. The lowest BCUT2D eigenvalue weighted by atomic mass is 10.4. The van der Waals surface area contributed by atoms with E-state index in [1.54, 1.807) is 23.0 Å². The summed E-state index contributed by atoms with van der Waals surface area (Å²) < 4.78 is 12.2. The van der Waals surface area contributed by atoms with Crippen molar-refractivity contribution in [2.75, 3.05) is 26.4 Å². The minimum absolute atomic E-state index is 0.0249. The first-order chi connectivity index (χ1) is 9.79. The van der Waals surface area contributed by atoms with Crippen molar-refractivity contribution >= 4 is 5.91 Å². The number of carbonyl (C=O) groups excluding carboxylic acids is 1. The molecule has 0 radical (unpaired) electrons. The van der Waals surface area contributed by atoms with E-state index in [4.69, 9.17) is 14.3 Å². The van der Waals surface area contributed by atoms with Crippen molar-refractivity contribution in [2.45, 2.75) is 6.54 Å². The van der Waals surface area contributed by atoms with Crippen molar-refractivity contribution in [3.8, 4) is 0 Å². The van der Waals surface area contributed by atoms with Gasteiger partial charge in [0, 0.05) is 18.9 Å². The zero-order chi connectivity index (χ0) is 14.2. The van der Waals surface area contributed by atoms with Crippen LogP contribution in [0.4, 0.5) is 0 Å². The highest BCUT2D eigenvalue weighted by Crippen LogP contribution is 2.09. The summed E-state index contributed by atoms with van der Waals surface area (Å²) in [5, 5.41) is 15.3. The molecule has 0 unspecified atom stereocenters. The lowest BCUT2D eigenvalue weighted by molar-refractivity contribution is 0.0820. The Morgan fingerprint density at radius 1 is 1.45 bits per heavy atom. The molecule has 20 heavy (non-hydrogen) atoms. The fourth-order valence-corrected chi connectivity index (χ4v) is 1.63. The first-order valence-electron chi connectivity index (χ1n) is 6.32. The van der Waals surface area contributed by atoms with E-state index in [0.29, 0.717) is 25.5 Å². The number of hydrogen-bond acceptors (Lipinski definition) is 5. The van der Waals surface area contributed by atoms with Crippen molar-refractivity contribution in [3.05, 3.63) is 42.1 Å². The van der Waals surface area contributed by atoms with E-state index in [0.717, 1.165) is 0 Å². The molecular formula is C13H17N3O4. The highest BCUT2D eigenvalue weighted by Gasteiger charge is 2.10. The predicted octanol–water partition coefficient (Wildman–Crippen LogP) is 0.263. The van der Waals surface area contributed by atoms with Gasteiger partial charge in [0.15, 0.2) is 5.76 Å². The van der Waals surface area contributed by atoms with Gasteiger partial charge < -0.3 is 19.6 Å². The number of amides is 1. The molecule has 7 nitrogen and oxygen atoms in total. The third kappa shape index (κ3) is 4.22. The Hall–Kier alpha value is -2.12. The zero-order valence-corrected chi connectivity index (χ0v) is 11.0. The predicted molar refractivity (Wildman–Crippen MR) is 70.3 cm³/mol. The van der Waals surface area contributed by atoms with Gasteiger partial charge in [0.05, 0.1) is 26.4 Å². The molecule has 2 N–H and O–H groups in total. The van der Waals surface area contributed by atoms with Crippen LogP contribution in [0.15, 0.2) is 35.0 Å². The molecule has 2 heterocycles. The Morgan fingerprint density at radius 2 is 2.35 bits per heavy atom. The number of nitrogens with one attached hydrogen (secondary N) is 1. The maximum Gasteiger partial charge on any atom is 0.287 e. The molecule has 0 aliphatic rings. The van der Waals surface area contributed by atoms with Crippen molar-refractivity contribution in [1.29, 1.82) is 0 Å². The summed E-state index contributed by atoms with van der Waals surface area (Å²) in [6.45, 7) is 1.45. The minimum Gasteiger partial charge on any atom is -0.454 e. The summed E-state index contributed by atoms with van der Waals surface area (Å²) in [6, 6.07) is 5.20. The molecule has 0 fully saturated rings. The lowest BCUT2D eigenvalue weighted by Gasteiger charge is -2.03. The number of aliphatic hydroxyl groups excluding tert-OH is 1. The molecule has 2 aromatic rings. The molecule has 0 bridgehead atoms. The second kappa shape index (κ2) is 7.46. The highest BCUT2D eigenvalue weighted by atomic mass is 16.5. The van der Waals surface area contributed by atoms with Crippen LogP contribution in [0.3, 0.4) is 0 Å². The molecule has 7 heteroatoms. The number of furan rings is 1. The Balaban J connectivity index is 1.77. The fourth-order valence-electron chi connectivity index (χ4n) is 1.63. The molecule has 2 rings (SSSR count). The van der Waals surface area contributed by atoms with Crippen molar-refractivity contribution in [1.82, 2.24) is 15.1 Å². The topological polar surface area (TPSA) is 89.5 Å². The standard InChI is InChI=1S/C13H17N3O4/c17-7-9-19-8-5-14-13(18)12-3-2-11(20-12)10-16-6-1-4-15-16/h1-4,6,17H,5,7-10H2,(H,14,18). The molecule has 0 saturated carbocycles. The fraction of sp³-hybridized carbons (Fsp3) is 0.385. The van der Waals surface area contributed by atoms with E-state index in [1.807, 2.05) is 12.3 Å². The van der Waals surface area contributed by atoms with Crippen LogP contribution in [0, 0.1) is 0 Å². The Labute approximate surface area is 116 Å². The van der Waals surface area contributed by atoms with Gasteiger partial charge in [-0.15, -0.1) is 0 Å². The van der Waals surface area contributed by atoms with Gasteiger partial charge in [-0.2, -0.15) is 5.10 Å². The van der Waals surface area contributed by atoms with E-state index < -0.39 is 0 Å². The van der Waals surface area contributed by atoms with Gasteiger partial charge in [-0.25, -0.2) is 0 Å². The molecule has 1 amide bonds. The molecule has 108 valence electrons. The van der Waals surface area contributed by atoms with Crippen LogP contribution < -0.4 is 5.32 Å². The zero-order valence-electron chi connectivity index (χ0n) is 11.0.